The SMILES string of the molecule is CCCC1C(=O)NC(=O)CC12CC(C)N(C1CC1)C2. The van der Waals surface area contributed by atoms with Crippen LogP contribution in [0.4, 0.5) is 0 Å². The maximum atomic E-state index is 12.2. The molecule has 3 unspecified atom stereocenters. The fourth-order valence-corrected chi connectivity index (χ4v) is 4.28. The summed E-state index contributed by atoms with van der Waals surface area (Å²) < 4.78 is 0. The molecule has 1 saturated carbocycles. The van der Waals surface area contributed by atoms with Crippen LogP contribution in [0.2, 0.25) is 0 Å². The van der Waals surface area contributed by atoms with E-state index in [4.69, 9.17) is 0 Å². The van der Waals surface area contributed by atoms with Crippen LogP contribution in [0, 0.1) is 11.3 Å². The molecule has 0 bridgehead atoms. The van der Waals surface area contributed by atoms with Crippen molar-refractivity contribution < 1.29 is 9.59 Å². The van der Waals surface area contributed by atoms with Gasteiger partial charge in [-0.25, -0.2) is 0 Å². The van der Waals surface area contributed by atoms with E-state index in [2.05, 4.69) is 24.1 Å². The predicted octanol–water partition coefficient (Wildman–Crippen LogP) is 1.69. The second-order valence-electron chi connectivity index (χ2n) is 6.75. The number of likely N-dealkylation sites (tertiary alicyclic amines) is 1. The first-order valence-electron chi connectivity index (χ1n) is 7.65. The average Bonchev–Trinajstić information content (AvgIpc) is 3.10. The van der Waals surface area contributed by atoms with Crippen molar-refractivity contribution in [2.45, 2.75) is 64.5 Å². The van der Waals surface area contributed by atoms with Crippen LogP contribution in [0.25, 0.3) is 0 Å². The summed E-state index contributed by atoms with van der Waals surface area (Å²) >= 11 is 0. The highest BCUT2D eigenvalue weighted by molar-refractivity contribution is 5.99. The lowest BCUT2D eigenvalue weighted by atomic mass is 9.67. The number of rotatable bonds is 3. The van der Waals surface area contributed by atoms with E-state index in [1.54, 1.807) is 0 Å². The second-order valence-corrected chi connectivity index (χ2v) is 6.75. The van der Waals surface area contributed by atoms with Crippen molar-refractivity contribution in [3.05, 3.63) is 0 Å². The first kappa shape index (κ1) is 13.1. The van der Waals surface area contributed by atoms with E-state index < -0.39 is 0 Å². The smallest absolute Gasteiger partial charge is 0.230 e. The molecule has 3 rings (SSSR count). The molecule has 19 heavy (non-hydrogen) atoms. The zero-order valence-corrected chi connectivity index (χ0v) is 11.9. The Morgan fingerprint density at radius 2 is 2.11 bits per heavy atom. The first-order chi connectivity index (χ1) is 9.05. The van der Waals surface area contributed by atoms with Crippen LogP contribution in [0.3, 0.4) is 0 Å². The Morgan fingerprint density at radius 1 is 1.37 bits per heavy atom. The zero-order valence-electron chi connectivity index (χ0n) is 11.9. The van der Waals surface area contributed by atoms with Gasteiger partial charge in [0.15, 0.2) is 0 Å². The molecule has 0 aromatic heterocycles. The summed E-state index contributed by atoms with van der Waals surface area (Å²) in [6, 6.07) is 1.24. The number of piperidine rings is 1. The Morgan fingerprint density at radius 3 is 2.74 bits per heavy atom. The fourth-order valence-electron chi connectivity index (χ4n) is 4.28. The lowest BCUT2D eigenvalue weighted by Gasteiger charge is -2.39. The molecular formula is C15H24N2O2. The Balaban J connectivity index is 1.85. The molecule has 1 N–H and O–H groups in total. The van der Waals surface area contributed by atoms with Gasteiger partial charge in [0, 0.05) is 36.4 Å². The van der Waals surface area contributed by atoms with Crippen molar-refractivity contribution in [2.75, 3.05) is 6.54 Å². The van der Waals surface area contributed by atoms with Gasteiger partial charge in [-0.3, -0.25) is 19.8 Å². The van der Waals surface area contributed by atoms with Crippen LogP contribution >= 0.6 is 0 Å². The molecule has 1 spiro atoms. The Hall–Kier alpha value is -0.900. The summed E-state index contributed by atoms with van der Waals surface area (Å²) in [5, 5.41) is 2.54. The molecule has 2 amide bonds. The summed E-state index contributed by atoms with van der Waals surface area (Å²) in [5.41, 5.74) is -0.0859. The Labute approximate surface area is 114 Å². The van der Waals surface area contributed by atoms with Gasteiger partial charge in [0.1, 0.15) is 0 Å². The van der Waals surface area contributed by atoms with Gasteiger partial charge in [0.2, 0.25) is 11.8 Å². The normalized spacial score (nSPS) is 39.9. The molecule has 0 radical (unpaired) electrons. The van der Waals surface area contributed by atoms with Gasteiger partial charge in [0.05, 0.1) is 0 Å². The third-order valence-corrected chi connectivity index (χ3v) is 5.19. The van der Waals surface area contributed by atoms with E-state index in [0.717, 1.165) is 31.8 Å². The van der Waals surface area contributed by atoms with E-state index >= 15 is 0 Å². The molecular weight excluding hydrogens is 240 g/mol. The minimum atomic E-state index is -0.0859. The fraction of sp³-hybridized carbons (Fsp3) is 0.867. The van der Waals surface area contributed by atoms with Gasteiger partial charge in [-0.15, -0.1) is 0 Å². The number of nitrogens with one attached hydrogen (secondary N) is 1. The number of hydrogen-bond donors (Lipinski definition) is 1. The van der Waals surface area contributed by atoms with Gasteiger partial charge in [-0.2, -0.15) is 0 Å². The highest BCUT2D eigenvalue weighted by atomic mass is 16.2. The summed E-state index contributed by atoms with van der Waals surface area (Å²) in [6.45, 7) is 5.32. The lowest BCUT2D eigenvalue weighted by Crippen LogP contribution is -2.53. The molecule has 0 aromatic rings. The van der Waals surface area contributed by atoms with E-state index in [-0.39, 0.29) is 23.1 Å². The van der Waals surface area contributed by atoms with Gasteiger partial charge in [-0.1, -0.05) is 13.3 Å². The standard InChI is InChI=1S/C15H24N2O2/c1-3-4-12-14(19)16-13(18)8-15(12)7-10(2)17(9-15)11-5-6-11/h10-12H,3-9H2,1-2H3,(H,16,18,19). The van der Waals surface area contributed by atoms with Crippen molar-refractivity contribution in [1.29, 1.82) is 0 Å². The second kappa shape index (κ2) is 4.58. The average molecular weight is 264 g/mol. The molecule has 4 nitrogen and oxygen atoms in total. The number of imide groups is 1. The molecule has 4 heteroatoms. The number of carbonyl (C=O) groups is 2. The number of hydrogen-bond acceptors (Lipinski definition) is 3. The van der Waals surface area contributed by atoms with Crippen molar-refractivity contribution in [3.8, 4) is 0 Å². The van der Waals surface area contributed by atoms with Gasteiger partial charge < -0.3 is 0 Å². The summed E-state index contributed by atoms with van der Waals surface area (Å²) in [5.74, 6) is -0.0634. The molecule has 3 aliphatic rings. The maximum absolute atomic E-state index is 12.2. The molecule has 3 atom stereocenters. The van der Waals surface area contributed by atoms with Crippen LogP contribution < -0.4 is 5.32 Å². The number of amides is 2. The highest BCUT2D eigenvalue weighted by Gasteiger charge is 2.55. The van der Waals surface area contributed by atoms with Crippen molar-refractivity contribution in [2.24, 2.45) is 11.3 Å². The highest BCUT2D eigenvalue weighted by Crippen LogP contribution is 2.50. The molecule has 0 aromatic carbocycles. The summed E-state index contributed by atoms with van der Waals surface area (Å²) in [4.78, 5) is 26.6. The third-order valence-electron chi connectivity index (χ3n) is 5.19. The Kier molecular flexibility index (Phi) is 3.16. The summed E-state index contributed by atoms with van der Waals surface area (Å²) in [7, 11) is 0. The van der Waals surface area contributed by atoms with Gasteiger partial charge in [0.25, 0.3) is 0 Å². The molecule has 3 fully saturated rings. The minimum absolute atomic E-state index is 0.0250. The van der Waals surface area contributed by atoms with E-state index in [0.29, 0.717) is 12.5 Å². The van der Waals surface area contributed by atoms with E-state index in [9.17, 15) is 9.59 Å². The molecule has 2 aliphatic heterocycles. The lowest BCUT2D eigenvalue weighted by molar-refractivity contribution is -0.143. The van der Waals surface area contributed by atoms with Crippen LogP contribution in [-0.4, -0.2) is 35.3 Å². The van der Waals surface area contributed by atoms with E-state index in [1.807, 2.05) is 0 Å². The quantitative estimate of drug-likeness (QED) is 0.789. The van der Waals surface area contributed by atoms with Crippen LogP contribution in [0.5, 0.6) is 0 Å². The molecule has 106 valence electrons. The Bertz CT molecular complexity index is 405. The van der Waals surface area contributed by atoms with Crippen LogP contribution in [0.1, 0.15) is 52.4 Å². The molecule has 2 saturated heterocycles. The van der Waals surface area contributed by atoms with Gasteiger partial charge in [-0.05, 0) is 32.6 Å². The third kappa shape index (κ3) is 2.20. The van der Waals surface area contributed by atoms with Crippen molar-refractivity contribution >= 4 is 11.8 Å². The summed E-state index contributed by atoms with van der Waals surface area (Å²) in [6.07, 6.45) is 6.04. The van der Waals surface area contributed by atoms with Crippen LogP contribution in [0.15, 0.2) is 0 Å². The number of carbonyl (C=O) groups excluding carboxylic acids is 2. The minimum Gasteiger partial charge on any atom is -0.297 e. The molecule has 2 heterocycles. The molecule has 1 aliphatic carbocycles. The van der Waals surface area contributed by atoms with Crippen molar-refractivity contribution in [1.82, 2.24) is 10.2 Å². The van der Waals surface area contributed by atoms with E-state index in [1.165, 1.54) is 12.8 Å². The van der Waals surface area contributed by atoms with Crippen LogP contribution in [-0.2, 0) is 9.59 Å². The monoisotopic (exact) mass is 264 g/mol. The first-order valence-corrected chi connectivity index (χ1v) is 7.65. The maximum Gasteiger partial charge on any atom is 0.230 e. The van der Waals surface area contributed by atoms with Crippen molar-refractivity contribution in [3.63, 3.8) is 0 Å². The van der Waals surface area contributed by atoms with Gasteiger partial charge >= 0.3 is 0 Å². The number of nitrogens with zero attached hydrogens (tertiary/aromatic N) is 1. The topological polar surface area (TPSA) is 49.4 Å². The predicted molar refractivity (Wildman–Crippen MR) is 72.4 cm³/mol. The zero-order chi connectivity index (χ0) is 13.6. The largest absolute Gasteiger partial charge is 0.297 e.